The van der Waals surface area contributed by atoms with Gasteiger partial charge in [0.25, 0.3) is 0 Å². The van der Waals surface area contributed by atoms with Crippen molar-refractivity contribution in [2.24, 2.45) is 0 Å². The van der Waals surface area contributed by atoms with Crippen LogP contribution in [0.2, 0.25) is 5.02 Å². The van der Waals surface area contributed by atoms with Gasteiger partial charge < -0.3 is 9.84 Å². The molecule has 98 valence electrons. The van der Waals surface area contributed by atoms with E-state index in [1.54, 1.807) is 6.07 Å². The lowest BCUT2D eigenvalue weighted by atomic mass is 10.1. The molecule has 1 aromatic heterocycles. The standard InChI is InChI=1S/C14H14ClN3O/c1-8(14-9(2)18-19-10(14)3)17-13-6-4-5-12(15)11(13)7-16/h4-6,8,17H,1-3H3. The topological polar surface area (TPSA) is 61.9 Å². The van der Waals surface area contributed by atoms with Gasteiger partial charge in [0.2, 0.25) is 0 Å². The lowest BCUT2D eigenvalue weighted by molar-refractivity contribution is 0.392. The zero-order chi connectivity index (χ0) is 14.0. The first-order chi connectivity index (χ1) is 9.04. The van der Waals surface area contributed by atoms with E-state index in [0.29, 0.717) is 16.3 Å². The average molecular weight is 276 g/mol. The van der Waals surface area contributed by atoms with E-state index in [0.717, 1.165) is 17.0 Å². The molecule has 0 fully saturated rings. The predicted octanol–water partition coefficient (Wildman–Crippen LogP) is 3.99. The van der Waals surface area contributed by atoms with Crippen LogP contribution in [-0.2, 0) is 0 Å². The molecule has 0 saturated carbocycles. The number of nitrogens with one attached hydrogen (secondary N) is 1. The zero-order valence-electron chi connectivity index (χ0n) is 11.0. The van der Waals surface area contributed by atoms with Gasteiger partial charge in [-0.2, -0.15) is 5.26 Å². The van der Waals surface area contributed by atoms with Crippen molar-refractivity contribution in [3.8, 4) is 6.07 Å². The summed E-state index contributed by atoms with van der Waals surface area (Å²) in [6.07, 6.45) is 0. The fourth-order valence-corrected chi connectivity index (χ4v) is 2.39. The van der Waals surface area contributed by atoms with E-state index in [2.05, 4.69) is 16.5 Å². The van der Waals surface area contributed by atoms with Crippen LogP contribution >= 0.6 is 11.6 Å². The molecule has 0 aliphatic carbocycles. The van der Waals surface area contributed by atoms with Crippen molar-refractivity contribution in [3.05, 3.63) is 45.8 Å². The van der Waals surface area contributed by atoms with E-state index in [4.69, 9.17) is 21.4 Å². The second-order valence-electron chi connectivity index (χ2n) is 4.38. The van der Waals surface area contributed by atoms with E-state index in [1.165, 1.54) is 0 Å². The minimum absolute atomic E-state index is 0.0168. The van der Waals surface area contributed by atoms with Crippen molar-refractivity contribution in [1.82, 2.24) is 5.16 Å². The molecule has 19 heavy (non-hydrogen) atoms. The van der Waals surface area contributed by atoms with Crippen molar-refractivity contribution in [3.63, 3.8) is 0 Å². The van der Waals surface area contributed by atoms with Gasteiger partial charge in [0.1, 0.15) is 11.8 Å². The van der Waals surface area contributed by atoms with Crippen LogP contribution in [0, 0.1) is 25.2 Å². The third-order valence-electron chi connectivity index (χ3n) is 3.02. The van der Waals surface area contributed by atoms with E-state index >= 15 is 0 Å². The van der Waals surface area contributed by atoms with Crippen molar-refractivity contribution in [1.29, 1.82) is 5.26 Å². The largest absolute Gasteiger partial charge is 0.377 e. The molecule has 4 nitrogen and oxygen atoms in total. The highest BCUT2D eigenvalue weighted by atomic mass is 35.5. The van der Waals surface area contributed by atoms with Crippen LogP contribution < -0.4 is 5.32 Å². The fourth-order valence-electron chi connectivity index (χ4n) is 2.17. The Balaban J connectivity index is 2.33. The monoisotopic (exact) mass is 275 g/mol. The van der Waals surface area contributed by atoms with Crippen molar-refractivity contribution >= 4 is 17.3 Å². The molecular formula is C14H14ClN3O. The summed E-state index contributed by atoms with van der Waals surface area (Å²) in [6.45, 7) is 5.76. The number of aryl methyl sites for hydroxylation is 2. The maximum absolute atomic E-state index is 9.15. The molecule has 1 aromatic carbocycles. The molecule has 0 saturated heterocycles. The Morgan fingerprint density at radius 3 is 2.74 bits per heavy atom. The summed E-state index contributed by atoms with van der Waals surface area (Å²) in [5, 5.41) is 16.8. The minimum atomic E-state index is -0.0168. The number of halogens is 1. The Morgan fingerprint density at radius 1 is 1.42 bits per heavy atom. The number of hydrogen-bond acceptors (Lipinski definition) is 4. The maximum atomic E-state index is 9.15. The predicted molar refractivity (Wildman–Crippen MR) is 74.2 cm³/mol. The van der Waals surface area contributed by atoms with Crippen LogP contribution in [0.15, 0.2) is 22.7 Å². The molecule has 5 heteroatoms. The van der Waals surface area contributed by atoms with Crippen LogP contribution in [-0.4, -0.2) is 5.16 Å². The fraction of sp³-hybridized carbons (Fsp3) is 0.286. The normalized spacial score (nSPS) is 11.9. The number of hydrogen-bond donors (Lipinski definition) is 1. The molecule has 0 spiro atoms. The van der Waals surface area contributed by atoms with E-state index in [1.807, 2.05) is 32.9 Å². The SMILES string of the molecule is Cc1noc(C)c1C(C)Nc1cccc(Cl)c1C#N. The molecule has 0 amide bonds. The van der Waals surface area contributed by atoms with E-state index in [-0.39, 0.29) is 6.04 Å². The van der Waals surface area contributed by atoms with Gasteiger partial charge in [0.05, 0.1) is 28.0 Å². The summed E-state index contributed by atoms with van der Waals surface area (Å²) in [5.74, 6) is 0.776. The number of rotatable bonds is 3. The van der Waals surface area contributed by atoms with Gasteiger partial charge in [0, 0.05) is 5.56 Å². The van der Waals surface area contributed by atoms with Gasteiger partial charge in [0.15, 0.2) is 0 Å². The van der Waals surface area contributed by atoms with Crippen LogP contribution in [0.5, 0.6) is 0 Å². The first-order valence-electron chi connectivity index (χ1n) is 5.92. The smallest absolute Gasteiger partial charge is 0.139 e. The summed E-state index contributed by atoms with van der Waals surface area (Å²) < 4.78 is 5.15. The van der Waals surface area contributed by atoms with E-state index in [9.17, 15) is 0 Å². The lowest BCUT2D eigenvalue weighted by Crippen LogP contribution is -2.09. The Labute approximate surface area is 117 Å². The van der Waals surface area contributed by atoms with Gasteiger partial charge >= 0.3 is 0 Å². The second kappa shape index (κ2) is 5.33. The molecule has 2 rings (SSSR count). The highest BCUT2D eigenvalue weighted by Crippen LogP contribution is 2.29. The summed E-state index contributed by atoms with van der Waals surface area (Å²) >= 11 is 6.01. The molecule has 2 aromatic rings. The third kappa shape index (κ3) is 2.56. The number of aromatic nitrogens is 1. The summed E-state index contributed by atoms with van der Waals surface area (Å²) in [6, 6.07) is 7.44. The molecule has 1 heterocycles. The van der Waals surface area contributed by atoms with Crippen molar-refractivity contribution in [2.45, 2.75) is 26.8 Å². The lowest BCUT2D eigenvalue weighted by Gasteiger charge is -2.16. The van der Waals surface area contributed by atoms with Crippen LogP contribution in [0.4, 0.5) is 5.69 Å². The highest BCUT2D eigenvalue weighted by Gasteiger charge is 2.17. The van der Waals surface area contributed by atoms with Gasteiger partial charge in [-0.3, -0.25) is 0 Å². The Morgan fingerprint density at radius 2 is 2.16 bits per heavy atom. The van der Waals surface area contributed by atoms with Crippen LogP contribution in [0.1, 0.15) is 35.5 Å². The van der Waals surface area contributed by atoms with Gasteiger partial charge in [-0.05, 0) is 32.9 Å². The van der Waals surface area contributed by atoms with Crippen LogP contribution in [0.3, 0.4) is 0 Å². The first-order valence-corrected chi connectivity index (χ1v) is 6.30. The average Bonchev–Trinajstić information content (AvgIpc) is 2.69. The Bertz CT molecular complexity index is 623. The molecule has 0 bridgehead atoms. The summed E-state index contributed by atoms with van der Waals surface area (Å²) in [5.41, 5.74) is 3.01. The third-order valence-corrected chi connectivity index (χ3v) is 3.33. The molecule has 0 aliphatic heterocycles. The number of nitrogens with zero attached hydrogens (tertiary/aromatic N) is 2. The van der Waals surface area contributed by atoms with Crippen molar-refractivity contribution < 1.29 is 4.52 Å². The molecule has 1 N–H and O–H groups in total. The molecule has 1 unspecified atom stereocenters. The molecular weight excluding hydrogens is 262 g/mol. The summed E-state index contributed by atoms with van der Waals surface area (Å²) in [7, 11) is 0. The Hall–Kier alpha value is -1.99. The number of nitriles is 1. The quantitative estimate of drug-likeness (QED) is 0.920. The maximum Gasteiger partial charge on any atom is 0.139 e. The number of anilines is 1. The summed E-state index contributed by atoms with van der Waals surface area (Å²) in [4.78, 5) is 0. The first kappa shape index (κ1) is 13.4. The molecule has 1 atom stereocenters. The minimum Gasteiger partial charge on any atom is -0.377 e. The van der Waals surface area contributed by atoms with Crippen LogP contribution in [0.25, 0.3) is 0 Å². The Kier molecular flexibility index (Phi) is 3.77. The van der Waals surface area contributed by atoms with Gasteiger partial charge in [-0.1, -0.05) is 22.8 Å². The molecule has 0 aliphatic rings. The number of benzene rings is 1. The van der Waals surface area contributed by atoms with Gasteiger partial charge in [-0.25, -0.2) is 0 Å². The molecule has 0 radical (unpaired) electrons. The zero-order valence-corrected chi connectivity index (χ0v) is 11.7. The second-order valence-corrected chi connectivity index (χ2v) is 4.79. The van der Waals surface area contributed by atoms with E-state index < -0.39 is 0 Å². The van der Waals surface area contributed by atoms with Gasteiger partial charge in [-0.15, -0.1) is 0 Å². The van der Waals surface area contributed by atoms with Crippen molar-refractivity contribution in [2.75, 3.05) is 5.32 Å². The highest BCUT2D eigenvalue weighted by molar-refractivity contribution is 6.32.